The standard InChI is InChI=1S/C19H31NO/c1-4-19(2,3)16-8-12-18(13-9-16)21-15-7-5-6-14-20-17-10-11-17/h8-9,12-13,17,20H,4-7,10-11,14-15H2,1-3H3. The van der Waals surface area contributed by atoms with Crippen LogP contribution in [-0.2, 0) is 5.41 Å². The summed E-state index contributed by atoms with van der Waals surface area (Å²) in [5, 5.41) is 3.55. The van der Waals surface area contributed by atoms with Crippen molar-refractivity contribution in [3.63, 3.8) is 0 Å². The number of nitrogens with one attached hydrogen (secondary N) is 1. The summed E-state index contributed by atoms with van der Waals surface area (Å²) < 4.78 is 5.83. The molecule has 1 aliphatic carbocycles. The molecule has 21 heavy (non-hydrogen) atoms. The minimum Gasteiger partial charge on any atom is -0.494 e. The van der Waals surface area contributed by atoms with E-state index in [1.165, 1.54) is 37.8 Å². The molecule has 0 amide bonds. The van der Waals surface area contributed by atoms with Crippen molar-refractivity contribution in [2.45, 2.75) is 70.8 Å². The second-order valence-electron chi connectivity index (χ2n) is 6.90. The van der Waals surface area contributed by atoms with E-state index in [-0.39, 0.29) is 5.41 Å². The van der Waals surface area contributed by atoms with Crippen LogP contribution in [-0.4, -0.2) is 19.2 Å². The predicted octanol–water partition coefficient (Wildman–Crippen LogP) is 4.68. The normalized spacial score (nSPS) is 15.2. The Kier molecular flexibility index (Phi) is 6.10. The van der Waals surface area contributed by atoms with Crippen LogP contribution in [0.4, 0.5) is 0 Å². The molecule has 2 rings (SSSR count). The van der Waals surface area contributed by atoms with Crippen LogP contribution in [0.2, 0.25) is 0 Å². The van der Waals surface area contributed by atoms with E-state index in [9.17, 15) is 0 Å². The molecule has 1 N–H and O–H groups in total. The van der Waals surface area contributed by atoms with Crippen LogP contribution < -0.4 is 10.1 Å². The lowest BCUT2D eigenvalue weighted by Gasteiger charge is -2.23. The van der Waals surface area contributed by atoms with Gasteiger partial charge in [-0.25, -0.2) is 0 Å². The summed E-state index contributed by atoms with van der Waals surface area (Å²) in [7, 11) is 0. The third kappa shape index (κ3) is 5.70. The van der Waals surface area contributed by atoms with E-state index in [1.54, 1.807) is 0 Å². The zero-order valence-electron chi connectivity index (χ0n) is 14.0. The summed E-state index contributed by atoms with van der Waals surface area (Å²) in [5.74, 6) is 1.00. The highest BCUT2D eigenvalue weighted by atomic mass is 16.5. The molecule has 0 bridgehead atoms. The lowest BCUT2D eigenvalue weighted by Crippen LogP contribution is -2.17. The molecule has 0 spiro atoms. The predicted molar refractivity (Wildman–Crippen MR) is 90.1 cm³/mol. The molecule has 1 fully saturated rings. The molecule has 1 saturated carbocycles. The first kappa shape index (κ1) is 16.4. The molecule has 0 saturated heterocycles. The Labute approximate surface area is 130 Å². The maximum Gasteiger partial charge on any atom is 0.119 e. The van der Waals surface area contributed by atoms with Gasteiger partial charge in [-0.2, -0.15) is 0 Å². The van der Waals surface area contributed by atoms with Crippen LogP contribution in [0.3, 0.4) is 0 Å². The van der Waals surface area contributed by atoms with Gasteiger partial charge in [-0.15, -0.1) is 0 Å². The molecular formula is C19H31NO. The van der Waals surface area contributed by atoms with E-state index < -0.39 is 0 Å². The van der Waals surface area contributed by atoms with Gasteiger partial charge in [0.05, 0.1) is 6.61 Å². The summed E-state index contributed by atoms with van der Waals surface area (Å²) in [5.41, 5.74) is 1.65. The molecule has 118 valence electrons. The van der Waals surface area contributed by atoms with Gasteiger partial charge in [-0.3, -0.25) is 0 Å². The van der Waals surface area contributed by atoms with Crippen molar-refractivity contribution < 1.29 is 4.74 Å². The molecule has 0 unspecified atom stereocenters. The van der Waals surface area contributed by atoms with E-state index in [1.807, 2.05) is 0 Å². The van der Waals surface area contributed by atoms with Crippen LogP contribution in [0.5, 0.6) is 5.75 Å². The SMILES string of the molecule is CCC(C)(C)c1ccc(OCCCCCNC2CC2)cc1. The molecule has 0 radical (unpaired) electrons. The van der Waals surface area contributed by atoms with Crippen LogP contribution in [0, 0.1) is 0 Å². The van der Waals surface area contributed by atoms with E-state index in [2.05, 4.69) is 50.4 Å². The Morgan fingerprint density at radius 2 is 1.81 bits per heavy atom. The number of unbranched alkanes of at least 4 members (excludes halogenated alkanes) is 2. The van der Waals surface area contributed by atoms with Crippen molar-refractivity contribution in [2.75, 3.05) is 13.2 Å². The highest BCUT2D eigenvalue weighted by Crippen LogP contribution is 2.28. The van der Waals surface area contributed by atoms with Gasteiger partial charge in [0, 0.05) is 6.04 Å². The molecule has 0 aromatic heterocycles. The van der Waals surface area contributed by atoms with Crippen LogP contribution in [0.1, 0.15) is 64.9 Å². The Balaban J connectivity index is 1.59. The number of rotatable bonds is 10. The topological polar surface area (TPSA) is 21.3 Å². The molecule has 2 nitrogen and oxygen atoms in total. The largest absolute Gasteiger partial charge is 0.494 e. The van der Waals surface area contributed by atoms with Gasteiger partial charge in [0.15, 0.2) is 0 Å². The second-order valence-corrected chi connectivity index (χ2v) is 6.90. The molecule has 0 atom stereocenters. The third-order valence-corrected chi connectivity index (χ3v) is 4.62. The van der Waals surface area contributed by atoms with Crippen molar-refractivity contribution in [2.24, 2.45) is 0 Å². The summed E-state index contributed by atoms with van der Waals surface area (Å²) in [6.07, 6.45) is 7.59. The summed E-state index contributed by atoms with van der Waals surface area (Å²) in [4.78, 5) is 0. The van der Waals surface area contributed by atoms with Crippen LogP contribution in [0.25, 0.3) is 0 Å². The zero-order valence-corrected chi connectivity index (χ0v) is 14.0. The first-order valence-corrected chi connectivity index (χ1v) is 8.58. The van der Waals surface area contributed by atoms with Crippen molar-refractivity contribution >= 4 is 0 Å². The lowest BCUT2D eigenvalue weighted by molar-refractivity contribution is 0.304. The number of ether oxygens (including phenoxy) is 1. The number of hydrogen-bond donors (Lipinski definition) is 1. The van der Waals surface area contributed by atoms with E-state index in [4.69, 9.17) is 4.74 Å². The van der Waals surface area contributed by atoms with Crippen LogP contribution in [0.15, 0.2) is 24.3 Å². The van der Waals surface area contributed by atoms with Gasteiger partial charge in [0.1, 0.15) is 5.75 Å². The van der Waals surface area contributed by atoms with Gasteiger partial charge in [0.2, 0.25) is 0 Å². The van der Waals surface area contributed by atoms with E-state index in [0.717, 1.165) is 31.2 Å². The minimum absolute atomic E-state index is 0.257. The van der Waals surface area contributed by atoms with Gasteiger partial charge in [-0.1, -0.05) is 32.9 Å². The van der Waals surface area contributed by atoms with E-state index >= 15 is 0 Å². The zero-order chi connectivity index (χ0) is 15.1. The Hall–Kier alpha value is -1.02. The van der Waals surface area contributed by atoms with Crippen molar-refractivity contribution in [1.29, 1.82) is 0 Å². The molecule has 2 heteroatoms. The summed E-state index contributed by atoms with van der Waals surface area (Å²) in [6.45, 7) is 8.82. The quantitative estimate of drug-likeness (QED) is 0.632. The average molecular weight is 289 g/mol. The third-order valence-electron chi connectivity index (χ3n) is 4.62. The Morgan fingerprint density at radius 1 is 1.10 bits per heavy atom. The number of hydrogen-bond acceptors (Lipinski definition) is 2. The van der Waals surface area contributed by atoms with Gasteiger partial charge < -0.3 is 10.1 Å². The second kappa shape index (κ2) is 7.84. The lowest BCUT2D eigenvalue weighted by atomic mass is 9.82. The maximum absolute atomic E-state index is 5.83. The average Bonchev–Trinajstić information content (AvgIpc) is 3.31. The minimum atomic E-state index is 0.257. The molecule has 1 aromatic rings. The molecule has 0 heterocycles. The first-order chi connectivity index (χ1) is 10.1. The van der Waals surface area contributed by atoms with Crippen LogP contribution >= 0.6 is 0 Å². The van der Waals surface area contributed by atoms with Crippen molar-refractivity contribution in [3.05, 3.63) is 29.8 Å². The molecule has 1 aliphatic rings. The Morgan fingerprint density at radius 3 is 2.43 bits per heavy atom. The fraction of sp³-hybridized carbons (Fsp3) is 0.684. The monoisotopic (exact) mass is 289 g/mol. The highest BCUT2D eigenvalue weighted by molar-refractivity contribution is 5.31. The summed E-state index contributed by atoms with van der Waals surface area (Å²) in [6, 6.07) is 9.48. The Bertz CT molecular complexity index is 406. The fourth-order valence-electron chi connectivity index (χ4n) is 2.39. The van der Waals surface area contributed by atoms with Crippen molar-refractivity contribution in [3.8, 4) is 5.75 Å². The van der Waals surface area contributed by atoms with Gasteiger partial charge >= 0.3 is 0 Å². The molecular weight excluding hydrogens is 258 g/mol. The number of benzene rings is 1. The first-order valence-electron chi connectivity index (χ1n) is 8.58. The van der Waals surface area contributed by atoms with Gasteiger partial charge in [-0.05, 0) is 68.2 Å². The fourth-order valence-corrected chi connectivity index (χ4v) is 2.39. The summed E-state index contributed by atoms with van der Waals surface area (Å²) >= 11 is 0. The smallest absolute Gasteiger partial charge is 0.119 e. The highest BCUT2D eigenvalue weighted by Gasteiger charge is 2.19. The molecule has 1 aromatic carbocycles. The van der Waals surface area contributed by atoms with Gasteiger partial charge in [0.25, 0.3) is 0 Å². The maximum atomic E-state index is 5.83. The molecule has 0 aliphatic heterocycles. The van der Waals surface area contributed by atoms with E-state index in [0.29, 0.717) is 0 Å². The van der Waals surface area contributed by atoms with Crippen molar-refractivity contribution in [1.82, 2.24) is 5.32 Å².